The second kappa shape index (κ2) is 16.7. The molecule has 0 spiro atoms. The Kier molecular flexibility index (Phi) is 10.2. The number of carbonyl (C=O) groups excluding carboxylic acids is 8. The van der Waals surface area contributed by atoms with Crippen LogP contribution in [0, 0.1) is 0 Å². The van der Waals surface area contributed by atoms with Crippen molar-refractivity contribution in [3.63, 3.8) is 0 Å². The number of hydrogen-bond acceptors (Lipinski definition) is 16. The van der Waals surface area contributed by atoms with Gasteiger partial charge in [0, 0.05) is 22.3 Å². The van der Waals surface area contributed by atoms with E-state index in [1.54, 1.807) is 27.7 Å². The predicted octanol–water partition coefficient (Wildman–Crippen LogP) is -0.877. The lowest BCUT2D eigenvalue weighted by Crippen LogP contribution is -2.69. The molecule has 36 heteroatoms. The largest absolute Gasteiger partial charge is 0.482 e. The molecule has 0 unspecified atom stereocenters. The van der Waals surface area contributed by atoms with Crippen LogP contribution in [-0.4, -0.2) is 285 Å². The Labute approximate surface area is 483 Å². The average molecular weight is 1200 g/mol. The Morgan fingerprint density at radius 3 is 0.721 bits per heavy atom. The number of nitrogens with zero attached hydrogens (tertiary/aromatic N) is 16. The number of carbonyl (C=O) groups is 12. The lowest BCUT2D eigenvalue weighted by molar-refractivity contribution is -0.140. The highest BCUT2D eigenvalue weighted by molar-refractivity contribution is 5.94. The molecule has 4 N–H and O–H groups in total. The number of carboxylic acids is 4. The van der Waals surface area contributed by atoms with Crippen molar-refractivity contribution in [3.8, 4) is 23.0 Å². The van der Waals surface area contributed by atoms with Gasteiger partial charge in [0.15, 0.2) is 73.7 Å². The molecule has 11 fully saturated rings. The van der Waals surface area contributed by atoms with Gasteiger partial charge in [-0.2, -0.15) is 0 Å². The van der Waals surface area contributed by atoms with Crippen LogP contribution in [0.4, 0.5) is 38.4 Å². The van der Waals surface area contributed by atoms with Gasteiger partial charge < -0.3 is 39.4 Å². The Morgan fingerprint density at radius 2 is 0.523 bits per heavy atom. The minimum absolute atomic E-state index is 0.0121. The zero-order valence-electron chi connectivity index (χ0n) is 46.0. The van der Waals surface area contributed by atoms with E-state index in [0.717, 1.165) is 0 Å². The van der Waals surface area contributed by atoms with Gasteiger partial charge in [0.25, 0.3) is 0 Å². The van der Waals surface area contributed by atoms with Gasteiger partial charge in [-0.15, -0.1) is 0 Å². The SMILES string of the molecule is CC12N3Cc4c(OCC(=O)O)ccc(OCC(=O)O)c4CN1C(=O)N1CN4C(=O)N5CN6C(=O)N7CN8C(=O)N9Cc%10c(OCC(=O)O)ccc(OCC(=O)O)c%10CN%10C(=O)N(CN%11C(=O)N(CN%12C(=O)N(CN(C3=O)C12C)C4C%125)C6C%117)C8(C)C%109C. The Hall–Kier alpha value is -10.3. The Bertz CT molecular complexity index is 3190. The van der Waals surface area contributed by atoms with Crippen molar-refractivity contribution in [2.75, 3.05) is 66.4 Å². The lowest BCUT2D eigenvalue weighted by atomic mass is 9.95. The van der Waals surface area contributed by atoms with Crippen molar-refractivity contribution in [3.05, 3.63) is 46.5 Å². The molecule has 13 aliphatic rings. The Morgan fingerprint density at radius 1 is 0.337 bits per heavy atom. The third-order valence-corrected chi connectivity index (χ3v) is 20.0. The number of aliphatic carboxylic acids is 4. The van der Waals surface area contributed by atoms with Gasteiger partial charge >= 0.3 is 72.1 Å². The number of carboxylic acid groups (broad SMARTS) is 4. The van der Waals surface area contributed by atoms with E-state index in [1.807, 2.05) is 0 Å². The summed E-state index contributed by atoms with van der Waals surface area (Å²) in [5, 5.41) is 38.3. The number of urea groups is 8. The van der Waals surface area contributed by atoms with E-state index in [1.165, 1.54) is 103 Å². The fourth-order valence-corrected chi connectivity index (χ4v) is 15.7. The summed E-state index contributed by atoms with van der Waals surface area (Å²) in [6.45, 7) is -1.28. The van der Waals surface area contributed by atoms with Crippen LogP contribution in [0.3, 0.4) is 0 Å². The van der Waals surface area contributed by atoms with Crippen LogP contribution in [0.2, 0.25) is 0 Å². The third kappa shape index (κ3) is 6.05. The normalized spacial score (nSPS) is 31.1. The summed E-state index contributed by atoms with van der Waals surface area (Å²) < 4.78 is 22.7. The van der Waals surface area contributed by atoms with Gasteiger partial charge in [0.2, 0.25) is 0 Å². The van der Waals surface area contributed by atoms with E-state index < -0.39 is 186 Å². The van der Waals surface area contributed by atoms with Crippen LogP contribution in [0.1, 0.15) is 49.9 Å². The summed E-state index contributed by atoms with van der Waals surface area (Å²) in [6.07, 6.45) is -5.06. The van der Waals surface area contributed by atoms with E-state index >= 15 is 38.4 Å². The van der Waals surface area contributed by atoms with Gasteiger partial charge in [0.05, 0.1) is 26.2 Å². The van der Waals surface area contributed by atoms with Crippen molar-refractivity contribution in [2.24, 2.45) is 0 Å². The van der Waals surface area contributed by atoms with Crippen LogP contribution in [0.25, 0.3) is 0 Å². The first-order chi connectivity index (χ1) is 40.8. The summed E-state index contributed by atoms with van der Waals surface area (Å²) in [6, 6.07) is -0.263. The molecule has 86 heavy (non-hydrogen) atoms. The minimum Gasteiger partial charge on any atom is -0.482 e. The van der Waals surface area contributed by atoms with E-state index in [0.29, 0.717) is 0 Å². The summed E-state index contributed by atoms with van der Waals surface area (Å²) in [5.74, 6) is -5.22. The maximum Gasteiger partial charge on any atom is 0.341 e. The molecular weight excluding hydrogens is 1140 g/mol. The molecule has 16 amide bonds. The summed E-state index contributed by atoms with van der Waals surface area (Å²) in [5.41, 5.74) is -5.82. The van der Waals surface area contributed by atoms with Gasteiger partial charge in [-0.25, -0.2) is 57.5 Å². The van der Waals surface area contributed by atoms with Crippen LogP contribution in [0.5, 0.6) is 23.0 Å². The average Bonchev–Trinajstić information content (AvgIpc) is 1.50. The van der Waals surface area contributed by atoms with Crippen LogP contribution < -0.4 is 18.9 Å². The first-order valence-corrected chi connectivity index (χ1v) is 27.1. The van der Waals surface area contributed by atoms with Crippen molar-refractivity contribution < 1.29 is 96.9 Å². The van der Waals surface area contributed by atoms with Gasteiger partial charge in [-0.05, 0) is 52.0 Å². The molecule has 0 radical (unpaired) electrons. The van der Waals surface area contributed by atoms with E-state index in [2.05, 4.69) is 0 Å². The quantitative estimate of drug-likeness (QED) is 0.201. The van der Waals surface area contributed by atoms with Crippen LogP contribution in [0.15, 0.2) is 24.3 Å². The summed E-state index contributed by atoms with van der Waals surface area (Å²) in [4.78, 5) is 191. The molecule has 13 heterocycles. The minimum atomic E-state index is -1.71. The summed E-state index contributed by atoms with van der Waals surface area (Å²) >= 11 is 0. The molecule has 0 atom stereocenters. The molecule has 13 aliphatic heterocycles. The molecule has 0 aliphatic carbocycles. The lowest BCUT2D eigenvalue weighted by Gasteiger charge is -2.49. The standard InChI is InChI=1S/C50H52N16O20/c1-47-49(3)63-19-55-37-35-51(39(55)75)17-53-36-38-57(41(53)77)21-65-45(81)61-11-25-26(30(86-16-34(73)74)8-7-29(25)85-15-33(71)72)12-62-46(82)66(50(65,4)48(61,62)2)22-58(38)42(78)54(36)18-52(35)40(76)56(37)20-64(49)44(80)60(47)10-24-23(9-59(47)43(63)79)27(83-13-31(67)68)5-6-28(24)84-14-32(69)70/h5-8,35-38H,9-22H2,1-4H3,(H,67,68)(H,69,70)(H,71,72)(H,73,74). The molecule has 0 aromatic heterocycles. The number of benzene rings is 2. The van der Waals surface area contributed by atoms with E-state index in [-0.39, 0.29) is 71.4 Å². The fraction of sp³-hybridized carbons (Fsp3) is 0.520. The molecule has 2 aromatic carbocycles. The number of ether oxygens (including phenoxy) is 4. The molecule has 0 bridgehead atoms. The summed E-state index contributed by atoms with van der Waals surface area (Å²) in [7, 11) is 0. The first-order valence-electron chi connectivity index (χ1n) is 27.1. The number of hydrogen-bond donors (Lipinski definition) is 4. The highest BCUT2D eigenvalue weighted by Gasteiger charge is 2.80. The molecule has 15 rings (SSSR count). The number of amides is 16. The molecule has 452 valence electrons. The van der Waals surface area contributed by atoms with Crippen molar-refractivity contribution in [1.29, 1.82) is 0 Å². The second-order valence-corrected chi connectivity index (χ2v) is 23.4. The van der Waals surface area contributed by atoms with Crippen molar-refractivity contribution >= 4 is 72.1 Å². The van der Waals surface area contributed by atoms with Crippen molar-refractivity contribution in [2.45, 2.75) is 101 Å². The Balaban J connectivity index is 0.780. The van der Waals surface area contributed by atoms with E-state index in [4.69, 9.17) is 18.9 Å². The van der Waals surface area contributed by atoms with Gasteiger partial charge in [0.1, 0.15) is 63.0 Å². The first kappa shape index (κ1) is 52.5. The van der Waals surface area contributed by atoms with Crippen molar-refractivity contribution in [1.82, 2.24) is 78.4 Å². The monoisotopic (exact) mass is 1200 g/mol. The maximum absolute atomic E-state index is 15.4. The third-order valence-electron chi connectivity index (χ3n) is 20.0. The molecule has 2 aromatic rings. The molecule has 36 nitrogen and oxygen atoms in total. The number of rotatable bonds is 12. The predicted molar refractivity (Wildman–Crippen MR) is 271 cm³/mol. The number of fused-ring (bicyclic) bond motifs is 2. The zero-order valence-corrected chi connectivity index (χ0v) is 46.0. The van der Waals surface area contributed by atoms with Gasteiger partial charge in [-0.3, -0.25) is 78.4 Å². The zero-order chi connectivity index (χ0) is 60.7. The highest BCUT2D eigenvalue weighted by Crippen LogP contribution is 2.59. The fourth-order valence-electron chi connectivity index (χ4n) is 15.7. The molecule has 0 saturated carbocycles. The van der Waals surface area contributed by atoms with E-state index in [9.17, 15) is 39.6 Å². The highest BCUT2D eigenvalue weighted by atomic mass is 16.5. The van der Waals surface area contributed by atoms with Crippen LogP contribution in [-0.2, 0) is 45.4 Å². The molecular formula is C50H52N16O20. The smallest absolute Gasteiger partial charge is 0.341 e. The molecule has 11 saturated heterocycles. The topological polar surface area (TPSA) is 375 Å². The van der Waals surface area contributed by atoms with Gasteiger partial charge in [-0.1, -0.05) is 0 Å². The maximum atomic E-state index is 15.4. The van der Waals surface area contributed by atoms with Crippen LogP contribution >= 0.6 is 0 Å². The second-order valence-electron chi connectivity index (χ2n) is 23.4.